The molecule has 0 saturated carbocycles. The number of rotatable bonds is 5. The first-order chi connectivity index (χ1) is 20.5. The average molecular weight is 591 g/mol. The number of nitrogens with one attached hydrogen (secondary N) is 2. The van der Waals surface area contributed by atoms with E-state index in [-0.39, 0.29) is 5.92 Å². The quantitative estimate of drug-likeness (QED) is 0.216. The Hall–Kier alpha value is -4.20. The molecule has 1 aliphatic heterocycles. The van der Waals surface area contributed by atoms with E-state index in [0.717, 1.165) is 65.8 Å². The number of aryl methyl sites for hydroxylation is 1. The molecule has 0 spiro atoms. The SMILES string of the molecule is CNc1cc(C(C)C)c(CN2CCN(C)CC2)c(C(F)(F)F)c1.Cc1ccc(C=O)cc1C#Cc1cnc2[nH]ncc2c1. The van der Waals surface area contributed by atoms with Gasteiger partial charge in [0.05, 0.1) is 11.8 Å². The number of fused-ring (bicyclic) bond motifs is 1. The summed E-state index contributed by atoms with van der Waals surface area (Å²) in [4.78, 5) is 19.3. The predicted octanol–water partition coefficient (Wildman–Crippen LogP) is 6.10. The molecule has 0 atom stereocenters. The molecular formula is C33H37F3N6O. The number of carbonyl (C=O) groups excluding carboxylic acids is 1. The third kappa shape index (κ3) is 8.21. The zero-order valence-corrected chi connectivity index (χ0v) is 25.1. The number of nitrogens with zero attached hydrogens (tertiary/aromatic N) is 4. The second-order valence-electron chi connectivity index (χ2n) is 11.0. The van der Waals surface area contributed by atoms with Gasteiger partial charge in [-0.25, -0.2) is 4.98 Å². The van der Waals surface area contributed by atoms with Crippen molar-refractivity contribution in [2.45, 2.75) is 39.4 Å². The lowest BCUT2D eigenvalue weighted by molar-refractivity contribution is -0.138. The highest BCUT2D eigenvalue weighted by Gasteiger charge is 2.36. The van der Waals surface area contributed by atoms with Gasteiger partial charge >= 0.3 is 6.18 Å². The van der Waals surface area contributed by atoms with E-state index in [1.807, 2.05) is 46.0 Å². The van der Waals surface area contributed by atoms with Crippen LogP contribution >= 0.6 is 0 Å². The van der Waals surface area contributed by atoms with Crippen LogP contribution in [0.2, 0.25) is 0 Å². The highest BCUT2D eigenvalue weighted by molar-refractivity contribution is 5.77. The molecule has 1 fully saturated rings. The molecule has 43 heavy (non-hydrogen) atoms. The van der Waals surface area contributed by atoms with Crippen LogP contribution in [0.3, 0.4) is 0 Å². The predicted molar refractivity (Wildman–Crippen MR) is 164 cm³/mol. The summed E-state index contributed by atoms with van der Waals surface area (Å²) >= 11 is 0. The molecule has 1 saturated heterocycles. The van der Waals surface area contributed by atoms with E-state index in [4.69, 9.17) is 0 Å². The number of benzene rings is 2. The lowest BCUT2D eigenvalue weighted by Crippen LogP contribution is -2.44. The van der Waals surface area contributed by atoms with E-state index in [2.05, 4.69) is 42.1 Å². The molecule has 0 unspecified atom stereocenters. The molecule has 2 aromatic carbocycles. The van der Waals surface area contributed by atoms with Crippen LogP contribution in [0.25, 0.3) is 11.0 Å². The standard InChI is InChI=1S/C17H26F3N3.C16H11N3O/c1-12(2)14-9-13(21-3)10-16(17(18,19)20)15(14)11-23-7-5-22(4)6-8-23;1-11-2-3-13(10-20)7-14(11)5-4-12-6-15-9-18-19-16(15)17-8-12/h9-10,12,21H,5-8,11H2,1-4H3;2-3,6-10H,1H3,(H,17,18,19). The molecule has 3 heterocycles. The van der Waals surface area contributed by atoms with Crippen LogP contribution in [0.5, 0.6) is 0 Å². The van der Waals surface area contributed by atoms with Crippen LogP contribution in [-0.2, 0) is 12.7 Å². The van der Waals surface area contributed by atoms with Crippen LogP contribution < -0.4 is 5.32 Å². The summed E-state index contributed by atoms with van der Waals surface area (Å²) in [6.07, 6.45) is -0.0969. The molecule has 0 aliphatic carbocycles. The minimum Gasteiger partial charge on any atom is -0.388 e. The minimum atomic E-state index is -4.33. The smallest absolute Gasteiger partial charge is 0.388 e. The van der Waals surface area contributed by atoms with Gasteiger partial charge in [0.2, 0.25) is 0 Å². The number of hydrogen-bond acceptors (Lipinski definition) is 6. The monoisotopic (exact) mass is 590 g/mol. The molecule has 2 aromatic heterocycles. The summed E-state index contributed by atoms with van der Waals surface area (Å²) in [5.41, 5.74) is 5.30. The molecule has 1 aliphatic rings. The molecule has 10 heteroatoms. The Morgan fingerprint density at radius 1 is 1.07 bits per heavy atom. The van der Waals surface area contributed by atoms with Crippen LogP contribution in [0.4, 0.5) is 18.9 Å². The van der Waals surface area contributed by atoms with E-state index in [9.17, 15) is 18.0 Å². The van der Waals surface area contributed by atoms with Crippen molar-refractivity contribution in [3.05, 3.63) is 87.7 Å². The van der Waals surface area contributed by atoms with Gasteiger partial charge in [-0.2, -0.15) is 18.3 Å². The Labute approximate surface area is 250 Å². The number of alkyl halides is 3. The summed E-state index contributed by atoms with van der Waals surface area (Å²) in [5, 5.41) is 10.5. The second-order valence-corrected chi connectivity index (χ2v) is 11.0. The van der Waals surface area contributed by atoms with Crippen molar-refractivity contribution in [2.24, 2.45) is 0 Å². The molecule has 0 bridgehead atoms. The maximum Gasteiger partial charge on any atom is 0.416 e. The highest BCUT2D eigenvalue weighted by atomic mass is 19.4. The number of likely N-dealkylation sites (N-methyl/N-ethyl adjacent to an activating group) is 1. The highest BCUT2D eigenvalue weighted by Crippen LogP contribution is 2.38. The lowest BCUT2D eigenvalue weighted by Gasteiger charge is -2.34. The van der Waals surface area contributed by atoms with Gasteiger partial charge in [0.15, 0.2) is 5.65 Å². The lowest BCUT2D eigenvalue weighted by atomic mass is 9.91. The van der Waals surface area contributed by atoms with Crippen molar-refractivity contribution in [2.75, 3.05) is 45.6 Å². The molecular weight excluding hydrogens is 553 g/mol. The van der Waals surface area contributed by atoms with Crippen LogP contribution in [-0.4, -0.2) is 71.5 Å². The van der Waals surface area contributed by atoms with E-state index < -0.39 is 11.7 Å². The fraction of sp³-hybridized carbons (Fsp3) is 0.364. The number of halogens is 3. The van der Waals surface area contributed by atoms with Crippen molar-refractivity contribution >= 4 is 23.0 Å². The van der Waals surface area contributed by atoms with Crippen molar-refractivity contribution in [1.82, 2.24) is 25.0 Å². The maximum atomic E-state index is 13.6. The van der Waals surface area contributed by atoms with Gasteiger partial charge in [0.25, 0.3) is 0 Å². The Morgan fingerprint density at radius 3 is 2.47 bits per heavy atom. The zero-order chi connectivity index (χ0) is 31.1. The topological polar surface area (TPSA) is 77.1 Å². The van der Waals surface area contributed by atoms with Gasteiger partial charge in [0.1, 0.15) is 6.29 Å². The van der Waals surface area contributed by atoms with Crippen LogP contribution in [0.15, 0.2) is 48.8 Å². The number of carbonyl (C=O) groups is 1. The summed E-state index contributed by atoms with van der Waals surface area (Å²) in [7, 11) is 3.69. The summed E-state index contributed by atoms with van der Waals surface area (Å²) in [6, 6.07) is 10.5. The second kappa shape index (κ2) is 13.8. The van der Waals surface area contributed by atoms with Gasteiger partial charge in [-0.15, -0.1) is 0 Å². The maximum absolute atomic E-state index is 13.6. The van der Waals surface area contributed by atoms with Crippen molar-refractivity contribution in [1.29, 1.82) is 0 Å². The van der Waals surface area contributed by atoms with Crippen molar-refractivity contribution < 1.29 is 18.0 Å². The molecule has 0 radical (unpaired) electrons. The normalized spacial score (nSPS) is 14.2. The van der Waals surface area contributed by atoms with Crippen LogP contribution in [0, 0.1) is 18.8 Å². The Morgan fingerprint density at radius 2 is 1.81 bits per heavy atom. The number of aromatic nitrogens is 3. The fourth-order valence-electron chi connectivity index (χ4n) is 4.90. The van der Waals surface area contributed by atoms with Gasteiger partial charge in [-0.3, -0.25) is 14.8 Å². The molecule has 2 N–H and O–H groups in total. The Kier molecular flexibility index (Phi) is 10.2. The van der Waals surface area contributed by atoms with Gasteiger partial charge in [0, 0.05) is 73.7 Å². The number of piperazine rings is 1. The summed E-state index contributed by atoms with van der Waals surface area (Å²) in [6.45, 7) is 9.62. The first kappa shape index (κ1) is 31.7. The Balaban J connectivity index is 0.000000198. The zero-order valence-electron chi connectivity index (χ0n) is 25.1. The van der Waals surface area contributed by atoms with E-state index >= 15 is 0 Å². The molecule has 226 valence electrons. The first-order valence-electron chi connectivity index (χ1n) is 14.2. The molecule has 5 rings (SSSR count). The van der Waals surface area contributed by atoms with Gasteiger partial charge < -0.3 is 10.2 Å². The van der Waals surface area contributed by atoms with E-state index in [1.54, 1.807) is 31.6 Å². The number of aldehydes is 1. The third-order valence-corrected chi connectivity index (χ3v) is 7.51. The third-order valence-electron chi connectivity index (χ3n) is 7.51. The number of H-pyrrole nitrogens is 1. The Bertz CT molecular complexity index is 1630. The van der Waals surface area contributed by atoms with Gasteiger partial charge in [-0.05, 0) is 60.8 Å². The van der Waals surface area contributed by atoms with E-state index in [1.165, 1.54) is 6.07 Å². The molecule has 0 amide bonds. The summed E-state index contributed by atoms with van der Waals surface area (Å²) in [5.74, 6) is 6.19. The average Bonchev–Trinajstić information content (AvgIpc) is 3.45. The number of hydrogen-bond donors (Lipinski definition) is 2. The molecule has 4 aromatic rings. The number of anilines is 1. The van der Waals surface area contributed by atoms with E-state index in [0.29, 0.717) is 23.4 Å². The van der Waals surface area contributed by atoms with Crippen molar-refractivity contribution in [3.63, 3.8) is 0 Å². The summed E-state index contributed by atoms with van der Waals surface area (Å²) < 4.78 is 40.7. The number of aromatic amines is 1. The number of pyridine rings is 1. The fourth-order valence-corrected chi connectivity index (χ4v) is 4.90. The van der Waals surface area contributed by atoms with Gasteiger partial charge in [-0.1, -0.05) is 37.8 Å². The first-order valence-corrected chi connectivity index (χ1v) is 14.2. The van der Waals surface area contributed by atoms with Crippen molar-refractivity contribution in [3.8, 4) is 11.8 Å². The molecule has 7 nitrogen and oxygen atoms in total. The minimum absolute atomic E-state index is 0.0480. The van der Waals surface area contributed by atoms with Crippen LogP contribution in [0.1, 0.15) is 63.5 Å². The largest absolute Gasteiger partial charge is 0.416 e.